The van der Waals surface area contributed by atoms with Gasteiger partial charge in [-0.2, -0.15) is 0 Å². The van der Waals surface area contributed by atoms with Crippen molar-refractivity contribution in [1.29, 1.82) is 0 Å². The smallest absolute Gasteiger partial charge is 0.0252 e. The number of nitrogens with zero attached hydrogens (tertiary/aromatic N) is 1. The van der Waals surface area contributed by atoms with Gasteiger partial charge in [0.25, 0.3) is 0 Å². The molecule has 0 spiro atoms. The van der Waals surface area contributed by atoms with E-state index in [1.165, 1.54) is 25.9 Å². The molecule has 0 aromatic rings. The molecule has 1 aliphatic carbocycles. The Bertz CT molecular complexity index is 243. The summed E-state index contributed by atoms with van der Waals surface area (Å²) in [7, 11) is 0. The van der Waals surface area contributed by atoms with Crippen molar-refractivity contribution >= 4 is 0 Å². The van der Waals surface area contributed by atoms with E-state index in [1.807, 2.05) is 0 Å². The van der Waals surface area contributed by atoms with Crippen LogP contribution in [0.25, 0.3) is 0 Å². The molecular weight excluding hydrogens is 196 g/mol. The molecule has 0 bridgehead atoms. The minimum absolute atomic E-state index is 0.681. The van der Waals surface area contributed by atoms with Crippen molar-refractivity contribution in [3.8, 4) is 0 Å². The fraction of sp³-hybridized carbons (Fsp3) is 0.857. The lowest BCUT2D eigenvalue weighted by molar-refractivity contribution is 0.112. The summed E-state index contributed by atoms with van der Waals surface area (Å²) < 4.78 is 0. The summed E-state index contributed by atoms with van der Waals surface area (Å²) in [6.45, 7) is 10.3. The van der Waals surface area contributed by atoms with Crippen LogP contribution in [0.2, 0.25) is 0 Å². The van der Waals surface area contributed by atoms with Crippen molar-refractivity contribution in [3.05, 3.63) is 12.2 Å². The monoisotopic (exact) mass is 222 g/mol. The molecule has 2 fully saturated rings. The first-order chi connectivity index (χ1) is 7.72. The first-order valence-corrected chi connectivity index (χ1v) is 6.81. The first kappa shape index (κ1) is 12.1. The number of piperazine rings is 1. The molecule has 2 atom stereocenters. The van der Waals surface area contributed by atoms with Crippen LogP contribution in [0, 0.1) is 11.8 Å². The molecule has 1 N–H and O–H groups in total. The molecule has 2 heteroatoms. The highest BCUT2D eigenvalue weighted by molar-refractivity contribution is 4.98. The molecule has 92 valence electrons. The lowest BCUT2D eigenvalue weighted by Crippen LogP contribution is -2.58. The molecule has 2 nitrogen and oxygen atoms in total. The fourth-order valence-corrected chi connectivity index (χ4v) is 2.70. The van der Waals surface area contributed by atoms with Gasteiger partial charge in [0, 0.05) is 31.7 Å². The molecule has 2 aliphatic rings. The third kappa shape index (κ3) is 2.86. The Morgan fingerprint density at radius 1 is 1.38 bits per heavy atom. The van der Waals surface area contributed by atoms with Gasteiger partial charge in [-0.1, -0.05) is 26.0 Å². The molecular formula is C14H26N2. The van der Waals surface area contributed by atoms with E-state index in [4.69, 9.17) is 0 Å². The molecule has 2 rings (SSSR count). The van der Waals surface area contributed by atoms with Crippen LogP contribution in [-0.2, 0) is 0 Å². The van der Waals surface area contributed by atoms with Crippen molar-refractivity contribution in [2.45, 2.75) is 45.7 Å². The average Bonchev–Trinajstić information content (AvgIpc) is 3.09. The zero-order chi connectivity index (χ0) is 11.5. The highest BCUT2D eigenvalue weighted by Crippen LogP contribution is 2.36. The van der Waals surface area contributed by atoms with E-state index in [0.29, 0.717) is 6.04 Å². The highest BCUT2D eigenvalue weighted by Gasteiger charge is 2.38. The molecule has 1 aliphatic heterocycles. The third-order valence-electron chi connectivity index (χ3n) is 4.04. The van der Waals surface area contributed by atoms with E-state index in [0.717, 1.165) is 24.4 Å². The van der Waals surface area contributed by atoms with Crippen LogP contribution in [0.3, 0.4) is 0 Å². The van der Waals surface area contributed by atoms with Gasteiger partial charge in [0.05, 0.1) is 0 Å². The Morgan fingerprint density at radius 3 is 2.69 bits per heavy atom. The molecule has 1 heterocycles. The highest BCUT2D eigenvalue weighted by atomic mass is 15.2. The Morgan fingerprint density at radius 2 is 2.12 bits per heavy atom. The van der Waals surface area contributed by atoms with Crippen LogP contribution in [0.15, 0.2) is 12.2 Å². The van der Waals surface area contributed by atoms with E-state index in [1.54, 1.807) is 0 Å². The maximum Gasteiger partial charge on any atom is 0.0252 e. The summed E-state index contributed by atoms with van der Waals surface area (Å²) in [4.78, 5) is 2.69. The Kier molecular flexibility index (Phi) is 4.04. The van der Waals surface area contributed by atoms with E-state index in [-0.39, 0.29) is 0 Å². The second kappa shape index (κ2) is 5.33. The van der Waals surface area contributed by atoms with Crippen LogP contribution >= 0.6 is 0 Å². The van der Waals surface area contributed by atoms with E-state index >= 15 is 0 Å². The lowest BCUT2D eigenvalue weighted by Gasteiger charge is -2.41. The molecule has 2 unspecified atom stereocenters. The predicted molar refractivity (Wildman–Crippen MR) is 69.5 cm³/mol. The minimum Gasteiger partial charge on any atom is -0.311 e. The van der Waals surface area contributed by atoms with E-state index in [2.05, 4.69) is 43.1 Å². The maximum atomic E-state index is 3.73. The number of hydrogen-bond acceptors (Lipinski definition) is 2. The molecule has 1 saturated heterocycles. The van der Waals surface area contributed by atoms with Gasteiger partial charge in [-0.3, -0.25) is 4.90 Å². The predicted octanol–water partition coefficient (Wildman–Crippen LogP) is 2.27. The number of hydrogen-bond donors (Lipinski definition) is 1. The summed E-state index contributed by atoms with van der Waals surface area (Å²) in [5, 5.41) is 3.73. The van der Waals surface area contributed by atoms with Crippen LogP contribution < -0.4 is 5.32 Å². The summed E-state index contributed by atoms with van der Waals surface area (Å²) >= 11 is 0. The van der Waals surface area contributed by atoms with Crippen LogP contribution in [-0.4, -0.2) is 36.6 Å². The van der Waals surface area contributed by atoms with Gasteiger partial charge in [0.15, 0.2) is 0 Å². The SMILES string of the molecule is C/C=C/CN1CC(C(C)C)NCC1C1CC1. The van der Waals surface area contributed by atoms with Gasteiger partial charge < -0.3 is 5.32 Å². The van der Waals surface area contributed by atoms with Crippen LogP contribution in [0.1, 0.15) is 33.6 Å². The summed E-state index contributed by atoms with van der Waals surface area (Å²) in [5.74, 6) is 1.72. The molecule has 1 saturated carbocycles. The van der Waals surface area contributed by atoms with Gasteiger partial charge >= 0.3 is 0 Å². The fourth-order valence-electron chi connectivity index (χ4n) is 2.70. The molecule has 0 aromatic heterocycles. The largest absolute Gasteiger partial charge is 0.311 e. The van der Waals surface area contributed by atoms with Crippen molar-refractivity contribution in [2.75, 3.05) is 19.6 Å². The lowest BCUT2D eigenvalue weighted by atomic mass is 9.97. The van der Waals surface area contributed by atoms with Gasteiger partial charge in [0.2, 0.25) is 0 Å². The Labute approximate surface area is 100 Å². The maximum absolute atomic E-state index is 3.73. The van der Waals surface area contributed by atoms with E-state index < -0.39 is 0 Å². The average molecular weight is 222 g/mol. The quantitative estimate of drug-likeness (QED) is 0.734. The van der Waals surface area contributed by atoms with Crippen molar-refractivity contribution in [3.63, 3.8) is 0 Å². The second-order valence-electron chi connectivity index (χ2n) is 5.69. The molecule has 0 amide bonds. The van der Waals surface area contributed by atoms with Crippen molar-refractivity contribution in [2.24, 2.45) is 11.8 Å². The van der Waals surface area contributed by atoms with Gasteiger partial charge in [0.1, 0.15) is 0 Å². The Hall–Kier alpha value is -0.340. The molecule has 0 radical (unpaired) electrons. The van der Waals surface area contributed by atoms with Crippen LogP contribution in [0.4, 0.5) is 0 Å². The summed E-state index contributed by atoms with van der Waals surface area (Å²) in [5.41, 5.74) is 0. The standard InChI is InChI=1S/C14H26N2/c1-4-5-8-16-10-13(11(2)3)15-9-14(16)12-6-7-12/h4-5,11-15H,6-10H2,1-3H3/b5-4+. The third-order valence-corrected chi connectivity index (χ3v) is 4.04. The van der Waals surface area contributed by atoms with Crippen molar-refractivity contribution < 1.29 is 0 Å². The number of rotatable bonds is 4. The first-order valence-electron chi connectivity index (χ1n) is 6.81. The zero-order valence-electron chi connectivity index (χ0n) is 10.9. The zero-order valence-corrected chi connectivity index (χ0v) is 10.9. The molecule has 16 heavy (non-hydrogen) atoms. The van der Waals surface area contributed by atoms with Crippen molar-refractivity contribution in [1.82, 2.24) is 10.2 Å². The number of nitrogens with one attached hydrogen (secondary N) is 1. The summed E-state index contributed by atoms with van der Waals surface area (Å²) in [6.07, 6.45) is 7.38. The van der Waals surface area contributed by atoms with Crippen LogP contribution in [0.5, 0.6) is 0 Å². The normalized spacial score (nSPS) is 32.8. The second-order valence-corrected chi connectivity index (χ2v) is 5.69. The van der Waals surface area contributed by atoms with Gasteiger partial charge in [-0.25, -0.2) is 0 Å². The minimum atomic E-state index is 0.681. The van der Waals surface area contributed by atoms with Gasteiger partial charge in [-0.05, 0) is 31.6 Å². The molecule has 0 aromatic carbocycles. The number of allylic oxidation sites excluding steroid dienone is 1. The Balaban J connectivity index is 1.94. The topological polar surface area (TPSA) is 15.3 Å². The van der Waals surface area contributed by atoms with E-state index in [9.17, 15) is 0 Å². The van der Waals surface area contributed by atoms with Gasteiger partial charge in [-0.15, -0.1) is 0 Å². The summed E-state index contributed by atoms with van der Waals surface area (Å²) in [6, 6.07) is 1.48.